The van der Waals surface area contributed by atoms with Gasteiger partial charge in [-0.25, -0.2) is 4.99 Å². The molecular formula is C19H30N6O. The van der Waals surface area contributed by atoms with Crippen LogP contribution in [-0.4, -0.2) is 47.0 Å². The van der Waals surface area contributed by atoms with Crippen LogP contribution in [-0.2, 0) is 12.6 Å². The Bertz CT molecular complexity index is 680. The molecule has 26 heavy (non-hydrogen) atoms. The summed E-state index contributed by atoms with van der Waals surface area (Å²) in [4.78, 5) is 4.51. The van der Waals surface area contributed by atoms with Crippen molar-refractivity contribution in [3.8, 4) is 0 Å². The fraction of sp³-hybridized carbons (Fsp3) is 0.474. The second-order valence-corrected chi connectivity index (χ2v) is 6.44. The Morgan fingerprint density at radius 3 is 2.65 bits per heavy atom. The highest BCUT2D eigenvalue weighted by Crippen LogP contribution is 2.19. The summed E-state index contributed by atoms with van der Waals surface area (Å²) in [7, 11) is 1.83. The molecule has 0 aliphatic rings. The Labute approximate surface area is 155 Å². The number of nitrogens with one attached hydrogen (secondary N) is 3. The van der Waals surface area contributed by atoms with Crippen molar-refractivity contribution in [1.82, 2.24) is 20.4 Å². The average molecular weight is 358 g/mol. The number of aromatic nitrogens is 2. The summed E-state index contributed by atoms with van der Waals surface area (Å²) in [5.74, 6) is 0.705. The molecule has 1 aromatic carbocycles. The fourth-order valence-corrected chi connectivity index (χ4v) is 2.45. The van der Waals surface area contributed by atoms with Crippen molar-refractivity contribution in [3.63, 3.8) is 0 Å². The summed E-state index contributed by atoms with van der Waals surface area (Å²) in [6.45, 7) is 6.47. The maximum atomic E-state index is 10.6. The zero-order valence-corrected chi connectivity index (χ0v) is 15.9. The molecule has 2 rings (SSSR count). The summed E-state index contributed by atoms with van der Waals surface area (Å²) in [5.41, 5.74) is 0.832. The Morgan fingerprint density at radius 1 is 1.23 bits per heavy atom. The zero-order valence-electron chi connectivity index (χ0n) is 15.9. The summed E-state index contributed by atoms with van der Waals surface area (Å²) < 4.78 is 1.68. The Balaban J connectivity index is 1.78. The number of hydrogen-bond donors (Lipinski definition) is 4. The molecule has 2 aromatic rings. The van der Waals surface area contributed by atoms with Gasteiger partial charge in [-0.1, -0.05) is 18.2 Å². The minimum atomic E-state index is -1.05. The van der Waals surface area contributed by atoms with E-state index in [1.807, 2.05) is 38.4 Å². The van der Waals surface area contributed by atoms with E-state index in [-0.39, 0.29) is 6.54 Å². The third-order valence-electron chi connectivity index (χ3n) is 3.96. The first kappa shape index (κ1) is 19.8. The van der Waals surface area contributed by atoms with E-state index >= 15 is 0 Å². The van der Waals surface area contributed by atoms with Crippen LogP contribution in [0.5, 0.6) is 0 Å². The van der Waals surface area contributed by atoms with Gasteiger partial charge in [0.05, 0.1) is 12.7 Å². The minimum absolute atomic E-state index is 0.260. The van der Waals surface area contributed by atoms with Gasteiger partial charge in [0, 0.05) is 44.1 Å². The summed E-state index contributed by atoms with van der Waals surface area (Å²) >= 11 is 0. The number of guanidine groups is 1. The second kappa shape index (κ2) is 9.82. The predicted octanol–water partition coefficient (Wildman–Crippen LogP) is 1.68. The van der Waals surface area contributed by atoms with Crippen LogP contribution in [0.2, 0.25) is 0 Å². The average Bonchev–Trinajstić information content (AvgIpc) is 3.07. The molecule has 7 heteroatoms. The number of nitrogens with zero attached hydrogens (tertiary/aromatic N) is 3. The molecular weight excluding hydrogens is 328 g/mol. The SMILES string of the molecule is CCNC(=NCC(C)(O)c1cnn(C)c1)NCCCNc1ccccc1. The van der Waals surface area contributed by atoms with Crippen LogP contribution in [0.15, 0.2) is 47.7 Å². The largest absolute Gasteiger partial charge is 0.385 e. The first-order valence-electron chi connectivity index (χ1n) is 9.04. The number of aliphatic hydroxyl groups is 1. The molecule has 0 aliphatic carbocycles. The van der Waals surface area contributed by atoms with E-state index in [0.29, 0.717) is 5.96 Å². The molecule has 0 spiro atoms. The highest BCUT2D eigenvalue weighted by Gasteiger charge is 2.24. The van der Waals surface area contributed by atoms with E-state index < -0.39 is 5.60 Å². The number of aliphatic imine (C=N–C) groups is 1. The van der Waals surface area contributed by atoms with Crippen molar-refractivity contribution in [2.45, 2.75) is 25.9 Å². The van der Waals surface area contributed by atoms with Crippen LogP contribution < -0.4 is 16.0 Å². The van der Waals surface area contributed by atoms with E-state index in [9.17, 15) is 5.11 Å². The van der Waals surface area contributed by atoms with Crippen LogP contribution in [0.1, 0.15) is 25.8 Å². The molecule has 1 heterocycles. The van der Waals surface area contributed by atoms with Gasteiger partial charge in [-0.2, -0.15) is 5.10 Å². The number of anilines is 1. The first-order chi connectivity index (χ1) is 12.5. The van der Waals surface area contributed by atoms with E-state index in [0.717, 1.165) is 37.3 Å². The molecule has 7 nitrogen and oxygen atoms in total. The van der Waals surface area contributed by atoms with Crippen molar-refractivity contribution >= 4 is 11.6 Å². The number of rotatable bonds is 9. The monoisotopic (exact) mass is 358 g/mol. The van der Waals surface area contributed by atoms with Crippen LogP contribution in [0.25, 0.3) is 0 Å². The van der Waals surface area contributed by atoms with E-state index in [1.165, 1.54) is 0 Å². The highest BCUT2D eigenvalue weighted by molar-refractivity contribution is 5.79. The van der Waals surface area contributed by atoms with E-state index in [1.54, 1.807) is 17.8 Å². The molecule has 0 radical (unpaired) electrons. The molecule has 0 amide bonds. The minimum Gasteiger partial charge on any atom is -0.385 e. The van der Waals surface area contributed by atoms with E-state index in [4.69, 9.17) is 0 Å². The topological polar surface area (TPSA) is 86.5 Å². The quantitative estimate of drug-likeness (QED) is 0.311. The van der Waals surface area contributed by atoms with Crippen molar-refractivity contribution < 1.29 is 5.11 Å². The lowest BCUT2D eigenvalue weighted by Crippen LogP contribution is -2.39. The lowest BCUT2D eigenvalue weighted by Gasteiger charge is -2.20. The van der Waals surface area contributed by atoms with Crippen molar-refractivity contribution in [3.05, 3.63) is 48.3 Å². The molecule has 142 valence electrons. The summed E-state index contributed by atoms with van der Waals surface area (Å²) in [6, 6.07) is 10.2. The third-order valence-corrected chi connectivity index (χ3v) is 3.96. The summed E-state index contributed by atoms with van der Waals surface area (Å²) in [6.07, 6.45) is 4.44. The molecule has 1 unspecified atom stereocenters. The van der Waals surface area contributed by atoms with E-state index in [2.05, 4.69) is 38.2 Å². The molecule has 0 aliphatic heterocycles. The molecule has 0 bridgehead atoms. The van der Waals surface area contributed by atoms with Crippen LogP contribution in [0, 0.1) is 0 Å². The van der Waals surface area contributed by atoms with Gasteiger partial charge in [0.15, 0.2) is 5.96 Å². The van der Waals surface area contributed by atoms with Crippen molar-refractivity contribution in [2.24, 2.45) is 12.0 Å². The normalized spacial score (nSPS) is 13.9. The molecule has 1 atom stereocenters. The van der Waals surface area contributed by atoms with Crippen molar-refractivity contribution in [2.75, 3.05) is 31.5 Å². The molecule has 0 saturated heterocycles. The lowest BCUT2D eigenvalue weighted by molar-refractivity contribution is 0.0672. The Morgan fingerprint density at radius 2 is 2.00 bits per heavy atom. The van der Waals surface area contributed by atoms with Crippen LogP contribution in [0.4, 0.5) is 5.69 Å². The van der Waals surface area contributed by atoms with Crippen molar-refractivity contribution in [1.29, 1.82) is 0 Å². The zero-order chi connectivity index (χ0) is 18.8. The van der Waals surface area contributed by atoms with Gasteiger partial charge in [-0.3, -0.25) is 4.68 Å². The second-order valence-electron chi connectivity index (χ2n) is 6.44. The standard InChI is InChI=1S/C19H30N6O/c1-4-20-18(22-12-8-11-21-17-9-6-5-7-10-17)23-15-19(2,26)16-13-24-25(3)14-16/h5-7,9-10,13-14,21,26H,4,8,11-12,15H2,1-3H3,(H2,20,22,23). The highest BCUT2D eigenvalue weighted by atomic mass is 16.3. The van der Waals surface area contributed by atoms with Gasteiger partial charge in [-0.15, -0.1) is 0 Å². The van der Waals surface area contributed by atoms with Gasteiger partial charge in [0.1, 0.15) is 5.60 Å². The molecule has 4 N–H and O–H groups in total. The number of benzene rings is 1. The van der Waals surface area contributed by atoms with Crippen LogP contribution in [0.3, 0.4) is 0 Å². The third kappa shape index (κ3) is 6.40. The smallest absolute Gasteiger partial charge is 0.191 e. The number of hydrogen-bond acceptors (Lipinski definition) is 4. The van der Waals surface area contributed by atoms with Gasteiger partial charge in [0.25, 0.3) is 0 Å². The predicted molar refractivity (Wildman–Crippen MR) is 106 cm³/mol. The van der Waals surface area contributed by atoms with Gasteiger partial charge < -0.3 is 21.1 Å². The number of para-hydroxylation sites is 1. The molecule has 1 aromatic heterocycles. The Kier molecular flexibility index (Phi) is 7.47. The van der Waals surface area contributed by atoms with Gasteiger partial charge >= 0.3 is 0 Å². The Hall–Kier alpha value is -2.54. The first-order valence-corrected chi connectivity index (χ1v) is 9.04. The van der Waals surface area contributed by atoms with Gasteiger partial charge in [0.2, 0.25) is 0 Å². The van der Waals surface area contributed by atoms with Crippen LogP contribution >= 0.6 is 0 Å². The van der Waals surface area contributed by atoms with Gasteiger partial charge in [-0.05, 0) is 32.4 Å². The maximum Gasteiger partial charge on any atom is 0.191 e. The molecule has 0 saturated carbocycles. The lowest BCUT2D eigenvalue weighted by atomic mass is 10.0. The maximum absolute atomic E-state index is 10.6. The molecule has 0 fully saturated rings. The fourth-order valence-electron chi connectivity index (χ4n) is 2.45. The summed E-state index contributed by atoms with van der Waals surface area (Å²) in [5, 5.41) is 24.6. The number of aryl methyl sites for hydroxylation is 1.